The summed E-state index contributed by atoms with van der Waals surface area (Å²) in [6.45, 7) is 9.69. The lowest BCUT2D eigenvalue weighted by Crippen LogP contribution is -2.42. The highest BCUT2D eigenvalue weighted by Gasteiger charge is 2.28. The minimum Gasteiger partial charge on any atom is -0.480 e. The fraction of sp³-hybridized carbons (Fsp3) is 0.500. The van der Waals surface area contributed by atoms with E-state index in [-0.39, 0.29) is 5.92 Å². The molecular weight excluding hydrogens is 254 g/mol. The number of rotatable bonds is 6. The van der Waals surface area contributed by atoms with Crippen molar-refractivity contribution < 1.29 is 14.7 Å². The van der Waals surface area contributed by atoms with Crippen LogP contribution in [-0.4, -0.2) is 23.5 Å². The van der Waals surface area contributed by atoms with Crippen LogP contribution in [0.4, 0.5) is 5.69 Å². The van der Waals surface area contributed by atoms with Gasteiger partial charge in [-0.3, -0.25) is 4.79 Å². The van der Waals surface area contributed by atoms with E-state index in [1.807, 2.05) is 46.8 Å². The second-order valence-corrected chi connectivity index (χ2v) is 5.74. The molecule has 0 aromatic heterocycles. The molecule has 0 aliphatic carbocycles. The topological polar surface area (TPSA) is 57.6 Å². The van der Waals surface area contributed by atoms with Crippen LogP contribution in [-0.2, 0) is 9.59 Å². The highest BCUT2D eigenvalue weighted by atomic mass is 16.4. The number of anilines is 1. The fourth-order valence-electron chi connectivity index (χ4n) is 2.64. The van der Waals surface area contributed by atoms with Crippen molar-refractivity contribution >= 4 is 18.1 Å². The Kier molecular flexibility index (Phi) is 5.31. The van der Waals surface area contributed by atoms with Crippen LogP contribution in [0.5, 0.6) is 0 Å². The number of carbonyl (C=O) groups is 2. The molecule has 0 fully saturated rings. The Hall–Kier alpha value is -1.84. The Morgan fingerprint density at radius 2 is 1.75 bits per heavy atom. The van der Waals surface area contributed by atoms with Crippen molar-refractivity contribution in [1.82, 2.24) is 0 Å². The zero-order valence-corrected chi connectivity index (χ0v) is 12.8. The molecule has 4 heteroatoms. The molecule has 110 valence electrons. The quantitative estimate of drug-likeness (QED) is 0.813. The number of hydrogen-bond donors (Lipinski definition) is 1. The summed E-state index contributed by atoms with van der Waals surface area (Å²) in [6, 6.07) is 3.10. The highest BCUT2D eigenvalue weighted by molar-refractivity contribution is 5.90. The van der Waals surface area contributed by atoms with Crippen molar-refractivity contribution in [3.05, 3.63) is 28.8 Å². The summed E-state index contributed by atoms with van der Waals surface area (Å²) in [6.07, 6.45) is 1.06. The Morgan fingerprint density at radius 1 is 1.25 bits per heavy atom. The van der Waals surface area contributed by atoms with Gasteiger partial charge in [0, 0.05) is 0 Å². The van der Waals surface area contributed by atoms with E-state index in [0.717, 1.165) is 16.7 Å². The number of carboxylic acids is 1. The summed E-state index contributed by atoms with van der Waals surface area (Å²) in [7, 11) is 0. The van der Waals surface area contributed by atoms with Crippen LogP contribution in [0.2, 0.25) is 0 Å². The molecule has 1 N–H and O–H groups in total. The molecule has 0 bridgehead atoms. The van der Waals surface area contributed by atoms with Gasteiger partial charge in [-0.05, 0) is 44.2 Å². The molecule has 1 amide bonds. The number of amides is 1. The minimum absolute atomic E-state index is 0.199. The van der Waals surface area contributed by atoms with Crippen molar-refractivity contribution in [3.63, 3.8) is 0 Å². The number of carboxylic acid groups (broad SMARTS) is 1. The Morgan fingerprint density at radius 3 is 2.10 bits per heavy atom. The Bertz CT molecular complexity index is 485. The van der Waals surface area contributed by atoms with Crippen LogP contribution >= 0.6 is 0 Å². The predicted molar refractivity (Wildman–Crippen MR) is 80.1 cm³/mol. The Labute approximate surface area is 120 Å². The van der Waals surface area contributed by atoms with Gasteiger partial charge >= 0.3 is 5.97 Å². The molecule has 0 heterocycles. The zero-order valence-electron chi connectivity index (χ0n) is 12.8. The van der Waals surface area contributed by atoms with Gasteiger partial charge in [-0.25, -0.2) is 4.79 Å². The molecule has 0 saturated carbocycles. The first-order chi connectivity index (χ1) is 9.27. The van der Waals surface area contributed by atoms with Crippen molar-refractivity contribution in [2.24, 2.45) is 5.92 Å². The summed E-state index contributed by atoms with van der Waals surface area (Å²) in [5.74, 6) is -0.769. The summed E-state index contributed by atoms with van der Waals surface area (Å²) in [5, 5.41) is 9.42. The number of benzene rings is 1. The standard InChI is InChI=1S/C16H23NO3/c1-10(2)6-14(16(19)20)17(9-18)15-12(4)7-11(3)8-13(15)5/h7-10,14H,6H2,1-5H3,(H,19,20). The van der Waals surface area contributed by atoms with Crippen LogP contribution in [0, 0.1) is 26.7 Å². The van der Waals surface area contributed by atoms with Crippen LogP contribution < -0.4 is 4.90 Å². The van der Waals surface area contributed by atoms with Crippen LogP contribution in [0.15, 0.2) is 12.1 Å². The third-order valence-electron chi connectivity index (χ3n) is 3.32. The van der Waals surface area contributed by atoms with Gasteiger partial charge < -0.3 is 10.0 Å². The largest absolute Gasteiger partial charge is 0.480 e. The monoisotopic (exact) mass is 277 g/mol. The molecule has 0 aliphatic rings. The number of aliphatic carboxylic acids is 1. The van der Waals surface area contributed by atoms with E-state index in [0.29, 0.717) is 18.5 Å². The lowest BCUT2D eigenvalue weighted by Gasteiger charge is -2.29. The third-order valence-corrected chi connectivity index (χ3v) is 3.32. The van der Waals surface area contributed by atoms with E-state index in [9.17, 15) is 14.7 Å². The second-order valence-electron chi connectivity index (χ2n) is 5.74. The van der Waals surface area contributed by atoms with Crippen LogP contribution in [0.25, 0.3) is 0 Å². The Balaban J connectivity index is 3.30. The normalized spacial score (nSPS) is 12.3. The summed E-state index contributed by atoms with van der Waals surface area (Å²) in [4.78, 5) is 24.3. The van der Waals surface area contributed by atoms with Gasteiger partial charge in [0.1, 0.15) is 6.04 Å². The van der Waals surface area contributed by atoms with Gasteiger partial charge in [-0.2, -0.15) is 0 Å². The maximum absolute atomic E-state index is 11.5. The van der Waals surface area contributed by atoms with Crippen molar-refractivity contribution in [3.8, 4) is 0 Å². The van der Waals surface area contributed by atoms with E-state index in [1.54, 1.807) is 0 Å². The van der Waals surface area contributed by atoms with Gasteiger partial charge in [0.15, 0.2) is 0 Å². The molecule has 20 heavy (non-hydrogen) atoms. The second kappa shape index (κ2) is 6.55. The van der Waals surface area contributed by atoms with Gasteiger partial charge in [-0.15, -0.1) is 0 Å². The average molecular weight is 277 g/mol. The maximum Gasteiger partial charge on any atom is 0.326 e. The molecule has 1 aromatic carbocycles. The predicted octanol–water partition coefficient (Wildman–Crippen LogP) is 3.07. The maximum atomic E-state index is 11.5. The van der Waals surface area contributed by atoms with Crippen LogP contribution in [0.3, 0.4) is 0 Å². The van der Waals surface area contributed by atoms with Crippen LogP contribution in [0.1, 0.15) is 37.0 Å². The molecule has 1 atom stereocenters. The van der Waals surface area contributed by atoms with E-state index in [2.05, 4.69) is 0 Å². The molecule has 1 rings (SSSR count). The summed E-state index contributed by atoms with van der Waals surface area (Å²) in [5.41, 5.74) is 3.65. The molecule has 0 spiro atoms. The van der Waals surface area contributed by atoms with Gasteiger partial charge in [0.25, 0.3) is 0 Å². The molecule has 0 saturated heterocycles. The van der Waals surface area contributed by atoms with Gasteiger partial charge in [0.2, 0.25) is 6.41 Å². The molecule has 1 aromatic rings. The lowest BCUT2D eigenvalue weighted by molar-refractivity contribution is -0.139. The first-order valence-electron chi connectivity index (χ1n) is 6.82. The number of nitrogens with zero attached hydrogens (tertiary/aromatic N) is 1. The molecule has 0 aliphatic heterocycles. The summed E-state index contributed by atoms with van der Waals surface area (Å²) < 4.78 is 0. The minimum atomic E-state index is -0.967. The van der Waals surface area contributed by atoms with E-state index in [4.69, 9.17) is 0 Å². The number of carbonyl (C=O) groups excluding carboxylic acids is 1. The number of aryl methyl sites for hydroxylation is 3. The number of hydrogen-bond acceptors (Lipinski definition) is 2. The van der Waals surface area contributed by atoms with Gasteiger partial charge in [0.05, 0.1) is 5.69 Å². The third kappa shape index (κ3) is 3.59. The first-order valence-corrected chi connectivity index (χ1v) is 6.82. The molecule has 4 nitrogen and oxygen atoms in total. The SMILES string of the molecule is Cc1cc(C)c(N(C=O)C(CC(C)C)C(=O)O)c(C)c1. The zero-order chi connectivity index (χ0) is 15.4. The van der Waals surface area contributed by atoms with E-state index in [1.165, 1.54) is 4.90 Å². The smallest absolute Gasteiger partial charge is 0.326 e. The van der Waals surface area contributed by atoms with Crippen molar-refractivity contribution in [2.75, 3.05) is 4.90 Å². The molecule has 1 unspecified atom stereocenters. The van der Waals surface area contributed by atoms with E-state index < -0.39 is 12.0 Å². The van der Waals surface area contributed by atoms with Crippen molar-refractivity contribution in [1.29, 1.82) is 0 Å². The fourth-order valence-corrected chi connectivity index (χ4v) is 2.64. The first kappa shape index (κ1) is 16.2. The highest BCUT2D eigenvalue weighted by Crippen LogP contribution is 2.28. The van der Waals surface area contributed by atoms with Crippen molar-refractivity contribution in [2.45, 2.75) is 47.1 Å². The van der Waals surface area contributed by atoms with Gasteiger partial charge in [-0.1, -0.05) is 31.5 Å². The lowest BCUT2D eigenvalue weighted by atomic mass is 9.99. The van der Waals surface area contributed by atoms with E-state index >= 15 is 0 Å². The summed E-state index contributed by atoms with van der Waals surface area (Å²) >= 11 is 0. The molecule has 0 radical (unpaired) electrons. The molecular formula is C16H23NO3. The average Bonchev–Trinajstić information content (AvgIpc) is 2.30.